The lowest BCUT2D eigenvalue weighted by Gasteiger charge is -2.39. The number of rotatable bonds is 6. The number of nitrogens with one attached hydrogen (secondary N) is 2. The van der Waals surface area contributed by atoms with Crippen LogP contribution in [0.3, 0.4) is 0 Å². The molecule has 0 bridgehead atoms. The van der Waals surface area contributed by atoms with Gasteiger partial charge in [-0.2, -0.15) is 15.5 Å². The van der Waals surface area contributed by atoms with E-state index in [9.17, 15) is 10.1 Å². The second-order valence-electron chi connectivity index (χ2n) is 10.2. The summed E-state index contributed by atoms with van der Waals surface area (Å²) in [6, 6.07) is 6.22. The second kappa shape index (κ2) is 10.4. The summed E-state index contributed by atoms with van der Waals surface area (Å²) in [5.74, 6) is 0.788. The summed E-state index contributed by atoms with van der Waals surface area (Å²) < 4.78 is 6.35. The quantitative estimate of drug-likeness (QED) is 0.498. The zero-order valence-corrected chi connectivity index (χ0v) is 22.2. The third-order valence-electron chi connectivity index (χ3n) is 6.96. The molecule has 3 aromatic rings. The number of carbonyl (C=O) groups is 1. The Morgan fingerprint density at radius 1 is 1.38 bits per heavy atom. The highest BCUT2D eigenvalue weighted by Crippen LogP contribution is 2.45. The van der Waals surface area contributed by atoms with Crippen LogP contribution in [-0.2, 0) is 6.42 Å². The molecule has 0 saturated carbocycles. The van der Waals surface area contributed by atoms with E-state index in [-0.39, 0.29) is 11.5 Å². The van der Waals surface area contributed by atoms with Crippen molar-refractivity contribution < 1.29 is 9.53 Å². The summed E-state index contributed by atoms with van der Waals surface area (Å²) in [5, 5.41) is 26.9. The largest absolute Gasteiger partial charge is 0.486 e. The maximum Gasteiger partial charge on any atom is 0.275 e. The number of piperidine rings is 1. The minimum absolute atomic E-state index is 0.310. The van der Waals surface area contributed by atoms with Crippen molar-refractivity contribution >= 4 is 28.6 Å². The molecule has 9 nitrogen and oxygen atoms in total. The molecule has 37 heavy (non-hydrogen) atoms. The molecule has 0 spiro atoms. The van der Waals surface area contributed by atoms with Gasteiger partial charge in [0.05, 0.1) is 23.8 Å². The van der Waals surface area contributed by atoms with Crippen LogP contribution in [0.25, 0.3) is 10.6 Å². The van der Waals surface area contributed by atoms with E-state index in [1.54, 1.807) is 17.8 Å². The molecular formula is C27H31N7O2S. The second-order valence-corrected chi connectivity index (χ2v) is 11.1. The number of nitriles is 1. The van der Waals surface area contributed by atoms with E-state index in [0.29, 0.717) is 33.6 Å². The normalized spacial score (nSPS) is 18.4. The van der Waals surface area contributed by atoms with E-state index < -0.39 is 0 Å². The molecule has 0 aliphatic carbocycles. The van der Waals surface area contributed by atoms with Crippen LogP contribution in [-0.4, -0.2) is 53.4 Å². The highest BCUT2D eigenvalue weighted by Gasteiger charge is 2.34. The Balaban J connectivity index is 1.52. The number of nitrogens with zero attached hydrogens (tertiary/aromatic N) is 5. The number of thiazole rings is 1. The summed E-state index contributed by atoms with van der Waals surface area (Å²) in [4.78, 5) is 20.2. The summed E-state index contributed by atoms with van der Waals surface area (Å²) in [6.45, 7) is 6.62. The molecule has 10 heteroatoms. The van der Waals surface area contributed by atoms with E-state index >= 15 is 0 Å². The van der Waals surface area contributed by atoms with Gasteiger partial charge >= 0.3 is 0 Å². The molecule has 192 valence electrons. The van der Waals surface area contributed by atoms with Crippen LogP contribution in [0.15, 0.2) is 29.9 Å². The van der Waals surface area contributed by atoms with Crippen LogP contribution in [0, 0.1) is 17.2 Å². The molecule has 2 aliphatic heterocycles. The van der Waals surface area contributed by atoms with Gasteiger partial charge in [0.1, 0.15) is 33.7 Å². The van der Waals surface area contributed by atoms with Gasteiger partial charge in [-0.25, -0.2) is 4.98 Å². The van der Waals surface area contributed by atoms with Crippen LogP contribution in [0.5, 0.6) is 5.75 Å². The number of amides is 1. The SMILES string of the molecule is CNCC1CCCN(c2c(NC(=O)c3csc(-c4ccnnc4)n3)cc3c(c2C#N)OC(C)(C)CC3)C1. The Morgan fingerprint density at radius 2 is 2.24 bits per heavy atom. The molecule has 2 aromatic heterocycles. The molecular weight excluding hydrogens is 486 g/mol. The van der Waals surface area contributed by atoms with E-state index in [1.165, 1.54) is 11.3 Å². The van der Waals surface area contributed by atoms with Gasteiger partial charge < -0.3 is 20.3 Å². The fourth-order valence-corrected chi connectivity index (χ4v) is 5.93. The smallest absolute Gasteiger partial charge is 0.275 e. The number of aryl methyl sites for hydroxylation is 1. The van der Waals surface area contributed by atoms with Crippen molar-refractivity contribution in [1.29, 1.82) is 5.26 Å². The van der Waals surface area contributed by atoms with Crippen molar-refractivity contribution in [2.24, 2.45) is 5.92 Å². The molecule has 1 saturated heterocycles. The first-order chi connectivity index (χ1) is 17.9. The van der Waals surface area contributed by atoms with Gasteiger partial charge in [0.2, 0.25) is 0 Å². The third-order valence-corrected chi connectivity index (χ3v) is 7.85. The number of ether oxygens (including phenoxy) is 1. The topological polar surface area (TPSA) is 116 Å². The first kappa shape index (κ1) is 25.1. The zero-order valence-electron chi connectivity index (χ0n) is 21.4. The number of hydrogen-bond donors (Lipinski definition) is 2. The predicted molar refractivity (Wildman–Crippen MR) is 144 cm³/mol. The lowest BCUT2D eigenvalue weighted by Crippen LogP contribution is -2.40. The van der Waals surface area contributed by atoms with Gasteiger partial charge in [0.15, 0.2) is 0 Å². The summed E-state index contributed by atoms with van der Waals surface area (Å²) >= 11 is 1.38. The molecule has 0 radical (unpaired) electrons. The standard InChI is InChI=1S/C27H31N7O2S/c1-27(2)8-6-18-11-21(32-25(35)22-16-37-26(33-22)19-7-9-30-31-14-19)23(20(12-28)24(18)36-27)34-10-4-5-17(15-34)13-29-3/h7,9,11,14,16-17,29H,4-6,8,10,13,15H2,1-3H3,(H,32,35). The monoisotopic (exact) mass is 517 g/mol. The fourth-order valence-electron chi connectivity index (χ4n) is 5.14. The van der Waals surface area contributed by atoms with Gasteiger partial charge in [0.25, 0.3) is 5.91 Å². The molecule has 5 rings (SSSR count). The first-order valence-electron chi connectivity index (χ1n) is 12.6. The number of fused-ring (bicyclic) bond motifs is 1. The highest BCUT2D eigenvalue weighted by atomic mass is 32.1. The maximum absolute atomic E-state index is 13.4. The molecule has 4 heterocycles. The zero-order chi connectivity index (χ0) is 26.0. The summed E-state index contributed by atoms with van der Waals surface area (Å²) in [7, 11) is 1.96. The molecule has 1 amide bonds. The molecule has 1 aromatic carbocycles. The van der Waals surface area contributed by atoms with E-state index in [1.807, 2.05) is 19.2 Å². The van der Waals surface area contributed by atoms with E-state index in [4.69, 9.17) is 4.74 Å². The Bertz CT molecular complexity index is 1330. The third kappa shape index (κ3) is 5.29. The van der Waals surface area contributed by atoms with Crippen LogP contribution >= 0.6 is 11.3 Å². The Hall–Kier alpha value is -3.55. The van der Waals surface area contributed by atoms with E-state index in [2.05, 4.69) is 50.6 Å². The van der Waals surface area contributed by atoms with Crippen molar-refractivity contribution in [2.45, 2.75) is 45.1 Å². The molecule has 2 N–H and O–H groups in total. The van der Waals surface area contributed by atoms with Gasteiger partial charge in [-0.05, 0) is 76.7 Å². The molecule has 1 atom stereocenters. The maximum atomic E-state index is 13.4. The van der Waals surface area contributed by atoms with Crippen molar-refractivity contribution in [3.8, 4) is 22.4 Å². The minimum Gasteiger partial charge on any atom is -0.486 e. The Labute approximate surface area is 220 Å². The van der Waals surface area contributed by atoms with Crippen molar-refractivity contribution in [3.05, 3.63) is 46.7 Å². The van der Waals surface area contributed by atoms with Crippen LogP contribution in [0.1, 0.15) is 54.7 Å². The van der Waals surface area contributed by atoms with Gasteiger partial charge in [-0.15, -0.1) is 11.3 Å². The summed E-state index contributed by atoms with van der Waals surface area (Å²) in [5.41, 5.74) is 3.59. The lowest BCUT2D eigenvalue weighted by molar-refractivity contribution is 0.0843. The van der Waals surface area contributed by atoms with Crippen LogP contribution in [0.4, 0.5) is 11.4 Å². The predicted octanol–water partition coefficient (Wildman–Crippen LogP) is 4.26. The number of carbonyl (C=O) groups excluding carboxylic acids is 1. The van der Waals surface area contributed by atoms with Crippen molar-refractivity contribution in [2.75, 3.05) is 36.9 Å². The average molecular weight is 518 g/mol. The highest BCUT2D eigenvalue weighted by molar-refractivity contribution is 7.13. The minimum atomic E-state index is -0.351. The fraction of sp³-hybridized carbons (Fsp3) is 0.444. The van der Waals surface area contributed by atoms with Crippen LogP contribution in [0.2, 0.25) is 0 Å². The molecule has 1 unspecified atom stereocenters. The van der Waals surface area contributed by atoms with Crippen LogP contribution < -0.4 is 20.3 Å². The number of hydrogen-bond acceptors (Lipinski definition) is 9. The van der Waals surface area contributed by atoms with E-state index in [0.717, 1.165) is 62.1 Å². The number of aromatic nitrogens is 3. The Morgan fingerprint density at radius 3 is 3.00 bits per heavy atom. The number of benzene rings is 1. The van der Waals surface area contributed by atoms with Gasteiger partial charge in [-0.1, -0.05) is 0 Å². The van der Waals surface area contributed by atoms with Crippen molar-refractivity contribution in [1.82, 2.24) is 20.5 Å². The summed E-state index contributed by atoms with van der Waals surface area (Å²) in [6.07, 6.45) is 6.98. The molecule has 1 fully saturated rings. The van der Waals surface area contributed by atoms with Crippen molar-refractivity contribution in [3.63, 3.8) is 0 Å². The van der Waals surface area contributed by atoms with Gasteiger partial charge in [0, 0.05) is 24.0 Å². The number of anilines is 2. The average Bonchev–Trinajstić information content (AvgIpc) is 3.39. The lowest BCUT2D eigenvalue weighted by atomic mass is 9.90. The molecule has 2 aliphatic rings. The van der Waals surface area contributed by atoms with Gasteiger partial charge in [-0.3, -0.25) is 4.79 Å². The Kier molecular flexibility index (Phi) is 7.09. The first-order valence-corrected chi connectivity index (χ1v) is 13.5.